The second-order valence-corrected chi connectivity index (χ2v) is 9.70. The van der Waals surface area contributed by atoms with E-state index in [1.54, 1.807) is 26.0 Å². The van der Waals surface area contributed by atoms with Crippen LogP contribution >= 0.6 is 0 Å². The second-order valence-electron chi connectivity index (χ2n) is 9.70. The summed E-state index contributed by atoms with van der Waals surface area (Å²) in [7, 11) is 0. The Morgan fingerprint density at radius 2 is 1.27 bits per heavy atom. The van der Waals surface area contributed by atoms with Crippen molar-refractivity contribution >= 4 is 18.0 Å². The van der Waals surface area contributed by atoms with Crippen molar-refractivity contribution in [3.8, 4) is 0 Å². The summed E-state index contributed by atoms with van der Waals surface area (Å²) in [5.41, 5.74) is -1.20. The van der Waals surface area contributed by atoms with Gasteiger partial charge in [0.2, 0.25) is 0 Å². The number of carbonyl (C=O) groups is 2. The van der Waals surface area contributed by atoms with Crippen LogP contribution in [0, 0.1) is 16.2 Å². The lowest BCUT2D eigenvalue weighted by Crippen LogP contribution is -2.39. The molecule has 11 heteroatoms. The van der Waals surface area contributed by atoms with E-state index in [9.17, 15) is 19.8 Å². The Hall–Kier alpha value is -2.64. The fraction of sp³-hybridized carbons (Fsp3) is 0.600. The van der Waals surface area contributed by atoms with Gasteiger partial charge < -0.3 is 45.2 Å². The number of hydrogen-bond donors (Lipinski definition) is 7. The van der Waals surface area contributed by atoms with Gasteiger partial charge in [0, 0.05) is 5.41 Å². The molecule has 0 fully saturated rings. The Morgan fingerprint density at radius 1 is 0.780 bits per heavy atom. The summed E-state index contributed by atoms with van der Waals surface area (Å²) in [6.07, 6.45) is 4.64. The van der Waals surface area contributed by atoms with E-state index in [2.05, 4.69) is 13.2 Å². The molecule has 1 aromatic rings. The molecule has 41 heavy (non-hydrogen) atoms. The quantitative estimate of drug-likeness (QED) is 0.0753. The molecule has 7 N–H and O–H groups in total. The zero-order chi connectivity index (χ0) is 32.0. The number of rotatable bonds is 18. The van der Waals surface area contributed by atoms with Gasteiger partial charge in [0.1, 0.15) is 17.4 Å². The van der Waals surface area contributed by atoms with Gasteiger partial charge in [-0.25, -0.2) is 0 Å². The number of aliphatic hydroxyl groups excluding tert-OH is 6. The first-order valence-electron chi connectivity index (χ1n) is 13.4. The fourth-order valence-electron chi connectivity index (χ4n) is 2.98. The Morgan fingerprint density at radius 3 is 1.56 bits per heavy atom. The SMILES string of the molecule is C=CCOCC(CC)(CO)CO.C=Cc1ccc(COC(=O)C(CC)(CO)CO)cc1.CCC(CO)(CO)C(=O)O. The monoisotopic (exact) mass is 586 g/mol. The lowest BCUT2D eigenvalue weighted by molar-refractivity contribution is -0.163. The predicted molar refractivity (Wildman–Crippen MR) is 156 cm³/mol. The molecule has 1 rings (SSSR count). The van der Waals surface area contributed by atoms with Crippen LogP contribution in [0.3, 0.4) is 0 Å². The van der Waals surface area contributed by atoms with Crippen molar-refractivity contribution < 1.29 is 54.8 Å². The van der Waals surface area contributed by atoms with Crippen molar-refractivity contribution in [3.05, 3.63) is 54.6 Å². The minimum atomic E-state index is -1.35. The maximum absolute atomic E-state index is 11.9. The molecule has 0 heterocycles. The molecule has 0 saturated heterocycles. The highest BCUT2D eigenvalue weighted by Crippen LogP contribution is 2.23. The van der Waals surface area contributed by atoms with E-state index in [0.717, 1.165) is 11.1 Å². The largest absolute Gasteiger partial charge is 0.481 e. The van der Waals surface area contributed by atoms with E-state index < -0.39 is 54.6 Å². The van der Waals surface area contributed by atoms with Gasteiger partial charge in [0.15, 0.2) is 0 Å². The third kappa shape index (κ3) is 13.3. The van der Waals surface area contributed by atoms with Crippen molar-refractivity contribution in [2.45, 2.75) is 46.6 Å². The topological polar surface area (TPSA) is 194 Å². The molecule has 236 valence electrons. The van der Waals surface area contributed by atoms with Crippen LogP contribution in [0.1, 0.15) is 51.2 Å². The van der Waals surface area contributed by atoms with E-state index in [-0.39, 0.29) is 26.2 Å². The summed E-state index contributed by atoms with van der Waals surface area (Å²) in [5, 5.41) is 62.2. The first-order chi connectivity index (χ1) is 19.5. The third-order valence-electron chi connectivity index (χ3n) is 7.10. The molecule has 0 amide bonds. The summed E-state index contributed by atoms with van der Waals surface area (Å²) in [5.74, 6) is -1.73. The lowest BCUT2D eigenvalue weighted by Gasteiger charge is -2.27. The number of carboxylic acid groups (broad SMARTS) is 1. The van der Waals surface area contributed by atoms with Gasteiger partial charge >= 0.3 is 11.9 Å². The summed E-state index contributed by atoms with van der Waals surface area (Å²) in [4.78, 5) is 22.3. The van der Waals surface area contributed by atoms with Gasteiger partial charge in [-0.3, -0.25) is 9.59 Å². The molecular weight excluding hydrogens is 536 g/mol. The maximum atomic E-state index is 11.9. The summed E-state index contributed by atoms with van der Waals surface area (Å²) in [6.45, 7) is 11.4. The van der Waals surface area contributed by atoms with Gasteiger partial charge in [0.05, 0.1) is 52.9 Å². The van der Waals surface area contributed by atoms with Gasteiger partial charge in [-0.1, -0.05) is 63.8 Å². The van der Waals surface area contributed by atoms with E-state index >= 15 is 0 Å². The molecule has 0 radical (unpaired) electrons. The van der Waals surface area contributed by atoms with Crippen molar-refractivity contribution in [1.82, 2.24) is 0 Å². The standard InChI is InChI=1S/C15H20O4.C9H18O3.C6H12O4/c1-3-12-5-7-13(8-6-12)9-19-14(18)15(4-2,10-16)11-17;1-3-5-12-8-9(4-2,6-10)7-11;1-2-6(3-7,4-8)5(9)10/h3,5-8,16-17H,1,4,9-11H2,2H3;3,10-11H,1,4-8H2,2H3;7-8H,2-4H2,1H3,(H,9,10). The Bertz CT molecular complexity index is 831. The van der Waals surface area contributed by atoms with E-state index in [4.69, 9.17) is 35.0 Å². The Labute approximate surface area is 243 Å². The molecule has 0 aliphatic carbocycles. The lowest BCUT2D eigenvalue weighted by atomic mass is 9.87. The minimum Gasteiger partial charge on any atom is -0.481 e. The van der Waals surface area contributed by atoms with Gasteiger partial charge in [-0.15, -0.1) is 6.58 Å². The number of benzene rings is 1. The molecule has 0 spiro atoms. The molecule has 0 aliphatic rings. The molecule has 0 aliphatic heterocycles. The van der Waals surface area contributed by atoms with Crippen molar-refractivity contribution in [3.63, 3.8) is 0 Å². The van der Waals surface area contributed by atoms with Crippen LogP contribution in [-0.2, 0) is 25.7 Å². The minimum absolute atomic E-state index is 0.0445. The number of carboxylic acids is 1. The highest BCUT2D eigenvalue weighted by atomic mass is 16.5. The number of ether oxygens (including phenoxy) is 2. The van der Waals surface area contributed by atoms with Crippen LogP contribution in [0.15, 0.2) is 43.5 Å². The number of aliphatic hydroxyl groups is 6. The normalized spacial score (nSPS) is 11.3. The smallest absolute Gasteiger partial charge is 0.317 e. The van der Waals surface area contributed by atoms with Gasteiger partial charge in [0.25, 0.3) is 0 Å². The molecule has 1 aromatic carbocycles. The van der Waals surface area contributed by atoms with E-state index in [1.807, 2.05) is 31.2 Å². The molecule has 0 bridgehead atoms. The molecule has 11 nitrogen and oxygen atoms in total. The Kier molecular flexibility index (Phi) is 21.8. The highest BCUT2D eigenvalue weighted by molar-refractivity contribution is 5.77. The van der Waals surface area contributed by atoms with Gasteiger partial charge in [-0.2, -0.15) is 0 Å². The zero-order valence-electron chi connectivity index (χ0n) is 24.6. The first kappa shape index (κ1) is 40.5. The number of hydrogen-bond acceptors (Lipinski definition) is 10. The van der Waals surface area contributed by atoms with Crippen LogP contribution in [0.4, 0.5) is 0 Å². The van der Waals surface area contributed by atoms with Crippen LogP contribution in [-0.4, -0.2) is 101 Å². The van der Waals surface area contributed by atoms with Crippen LogP contribution in [0.25, 0.3) is 6.08 Å². The number of carbonyl (C=O) groups excluding carboxylic acids is 1. The highest BCUT2D eigenvalue weighted by Gasteiger charge is 2.37. The predicted octanol–water partition coefficient (Wildman–Crippen LogP) is 1.78. The Balaban J connectivity index is 0. The second kappa shape index (κ2) is 22.0. The number of esters is 1. The fourth-order valence-corrected chi connectivity index (χ4v) is 2.98. The molecule has 0 atom stereocenters. The maximum Gasteiger partial charge on any atom is 0.317 e. The van der Waals surface area contributed by atoms with Crippen molar-refractivity contribution in [1.29, 1.82) is 0 Å². The van der Waals surface area contributed by atoms with Crippen molar-refractivity contribution in [2.75, 3.05) is 52.9 Å². The molecular formula is C30H50O11. The molecule has 0 aromatic heterocycles. The van der Waals surface area contributed by atoms with Crippen LogP contribution < -0.4 is 0 Å². The van der Waals surface area contributed by atoms with Crippen LogP contribution in [0.5, 0.6) is 0 Å². The average Bonchev–Trinajstić information content (AvgIpc) is 3.01. The van der Waals surface area contributed by atoms with Crippen LogP contribution in [0.2, 0.25) is 0 Å². The van der Waals surface area contributed by atoms with Gasteiger partial charge in [-0.05, 0) is 30.4 Å². The molecule has 0 saturated carbocycles. The zero-order valence-corrected chi connectivity index (χ0v) is 24.6. The van der Waals surface area contributed by atoms with E-state index in [1.165, 1.54) is 0 Å². The summed E-state index contributed by atoms with van der Waals surface area (Å²) >= 11 is 0. The van der Waals surface area contributed by atoms with Crippen molar-refractivity contribution in [2.24, 2.45) is 16.2 Å². The summed E-state index contributed by atoms with van der Waals surface area (Å²) < 4.78 is 10.3. The van der Waals surface area contributed by atoms with E-state index in [0.29, 0.717) is 26.1 Å². The first-order valence-corrected chi connectivity index (χ1v) is 13.4. The average molecular weight is 587 g/mol. The molecule has 0 unspecified atom stereocenters. The third-order valence-corrected chi connectivity index (χ3v) is 7.10. The summed E-state index contributed by atoms with van der Waals surface area (Å²) in [6, 6.07) is 7.44. The number of aliphatic carboxylic acids is 1.